The Labute approximate surface area is 142 Å². The highest BCUT2D eigenvalue weighted by atomic mass is 16.1. The summed E-state index contributed by atoms with van der Waals surface area (Å²) in [5, 5.41) is 4.00. The number of aromatic nitrogens is 1. The summed E-state index contributed by atoms with van der Waals surface area (Å²) >= 11 is 0. The van der Waals surface area contributed by atoms with E-state index in [-0.39, 0.29) is 5.91 Å². The fourth-order valence-corrected chi connectivity index (χ4v) is 2.89. The Kier molecular flexibility index (Phi) is 4.61. The van der Waals surface area contributed by atoms with E-state index in [0.717, 1.165) is 23.0 Å². The second-order valence-electron chi connectivity index (χ2n) is 6.31. The topological polar surface area (TPSA) is 42.0 Å². The molecular formula is C21H22N2O. The zero-order valence-electron chi connectivity index (χ0n) is 14.4. The second-order valence-corrected chi connectivity index (χ2v) is 6.31. The summed E-state index contributed by atoms with van der Waals surface area (Å²) in [7, 11) is 0. The van der Waals surface area contributed by atoms with Gasteiger partial charge in [0, 0.05) is 11.9 Å². The summed E-state index contributed by atoms with van der Waals surface area (Å²) in [5.74, 6) is -0.0601. The van der Waals surface area contributed by atoms with E-state index in [0.29, 0.717) is 12.1 Å². The third kappa shape index (κ3) is 3.62. The standard InChI is InChI=1S/C21H22N2O/c1-14-5-4-6-17(11-14)9-10-22-21(24)19-13-18-8-7-15(2)12-20(18)23-16(19)3/h4-8,11-13H,9-10H2,1-3H3,(H,22,24). The average Bonchev–Trinajstić information content (AvgIpc) is 2.54. The van der Waals surface area contributed by atoms with Crippen LogP contribution in [0.15, 0.2) is 48.5 Å². The first kappa shape index (κ1) is 16.2. The molecule has 2 aromatic carbocycles. The molecule has 0 saturated heterocycles. The first-order valence-corrected chi connectivity index (χ1v) is 8.25. The number of nitrogens with zero attached hydrogens (tertiary/aromatic N) is 1. The lowest BCUT2D eigenvalue weighted by molar-refractivity contribution is 0.0953. The molecule has 1 heterocycles. The lowest BCUT2D eigenvalue weighted by Gasteiger charge is -2.09. The molecule has 0 radical (unpaired) electrons. The fraction of sp³-hybridized carbons (Fsp3) is 0.238. The summed E-state index contributed by atoms with van der Waals surface area (Å²) in [6, 6.07) is 16.4. The zero-order valence-corrected chi connectivity index (χ0v) is 14.4. The minimum absolute atomic E-state index is 0.0601. The number of benzene rings is 2. The monoisotopic (exact) mass is 318 g/mol. The minimum atomic E-state index is -0.0601. The molecule has 0 unspecified atom stereocenters. The van der Waals surface area contributed by atoms with Crippen LogP contribution in [-0.2, 0) is 6.42 Å². The van der Waals surface area contributed by atoms with E-state index in [9.17, 15) is 4.79 Å². The summed E-state index contributed by atoms with van der Waals surface area (Å²) in [4.78, 5) is 17.1. The Morgan fingerprint density at radius 2 is 1.79 bits per heavy atom. The number of nitrogens with one attached hydrogen (secondary N) is 1. The molecule has 0 spiro atoms. The molecule has 122 valence electrons. The Morgan fingerprint density at radius 1 is 1.00 bits per heavy atom. The van der Waals surface area contributed by atoms with Crippen molar-refractivity contribution in [2.45, 2.75) is 27.2 Å². The van der Waals surface area contributed by atoms with Crippen molar-refractivity contribution in [2.24, 2.45) is 0 Å². The van der Waals surface area contributed by atoms with E-state index in [1.807, 2.05) is 44.2 Å². The Bertz CT molecular complexity index is 899. The van der Waals surface area contributed by atoms with Crippen molar-refractivity contribution < 1.29 is 4.79 Å². The molecule has 0 saturated carbocycles. The molecule has 0 aliphatic rings. The maximum absolute atomic E-state index is 12.5. The number of hydrogen-bond acceptors (Lipinski definition) is 2. The van der Waals surface area contributed by atoms with Crippen molar-refractivity contribution in [1.29, 1.82) is 0 Å². The number of carbonyl (C=O) groups is 1. The highest BCUT2D eigenvalue weighted by Gasteiger charge is 2.11. The van der Waals surface area contributed by atoms with Gasteiger partial charge in [-0.1, -0.05) is 42.0 Å². The average molecular weight is 318 g/mol. The smallest absolute Gasteiger partial charge is 0.253 e. The maximum atomic E-state index is 12.5. The van der Waals surface area contributed by atoms with Gasteiger partial charge in [0.1, 0.15) is 0 Å². The molecule has 3 rings (SSSR count). The van der Waals surface area contributed by atoms with Gasteiger partial charge in [-0.2, -0.15) is 0 Å². The molecule has 3 heteroatoms. The Morgan fingerprint density at radius 3 is 2.58 bits per heavy atom. The third-order valence-corrected chi connectivity index (χ3v) is 4.19. The molecule has 1 amide bonds. The van der Waals surface area contributed by atoms with E-state index in [2.05, 4.69) is 35.4 Å². The predicted octanol–water partition coefficient (Wildman–Crippen LogP) is 4.13. The molecule has 1 aromatic heterocycles. The van der Waals surface area contributed by atoms with Gasteiger partial charge in [-0.15, -0.1) is 0 Å². The van der Waals surface area contributed by atoms with Crippen LogP contribution in [0.5, 0.6) is 0 Å². The highest BCUT2D eigenvalue weighted by Crippen LogP contribution is 2.18. The first-order chi connectivity index (χ1) is 11.5. The molecule has 3 nitrogen and oxygen atoms in total. The van der Waals surface area contributed by atoms with E-state index < -0.39 is 0 Å². The molecule has 0 atom stereocenters. The normalized spacial score (nSPS) is 10.8. The van der Waals surface area contributed by atoms with Crippen LogP contribution in [0.4, 0.5) is 0 Å². The van der Waals surface area contributed by atoms with Gasteiger partial charge in [0.2, 0.25) is 0 Å². The molecule has 0 aliphatic carbocycles. The van der Waals surface area contributed by atoms with Gasteiger partial charge in [0.05, 0.1) is 16.8 Å². The van der Waals surface area contributed by atoms with Crippen molar-refractivity contribution in [2.75, 3.05) is 6.54 Å². The minimum Gasteiger partial charge on any atom is -0.352 e. The third-order valence-electron chi connectivity index (χ3n) is 4.19. The van der Waals surface area contributed by atoms with Gasteiger partial charge < -0.3 is 5.32 Å². The lowest BCUT2D eigenvalue weighted by atomic mass is 10.1. The van der Waals surface area contributed by atoms with Crippen LogP contribution in [0, 0.1) is 20.8 Å². The van der Waals surface area contributed by atoms with Gasteiger partial charge in [0.25, 0.3) is 5.91 Å². The van der Waals surface area contributed by atoms with E-state index >= 15 is 0 Å². The second kappa shape index (κ2) is 6.83. The van der Waals surface area contributed by atoms with Crippen molar-refractivity contribution in [3.8, 4) is 0 Å². The molecule has 24 heavy (non-hydrogen) atoms. The number of amides is 1. The van der Waals surface area contributed by atoms with Crippen molar-refractivity contribution in [3.05, 3.63) is 76.5 Å². The van der Waals surface area contributed by atoms with Crippen LogP contribution in [0.25, 0.3) is 10.9 Å². The van der Waals surface area contributed by atoms with Gasteiger partial charge in [-0.25, -0.2) is 0 Å². The number of carbonyl (C=O) groups excluding carboxylic acids is 1. The molecule has 0 bridgehead atoms. The molecule has 0 fully saturated rings. The van der Waals surface area contributed by atoms with E-state index in [1.165, 1.54) is 16.7 Å². The van der Waals surface area contributed by atoms with Gasteiger partial charge in [-0.3, -0.25) is 9.78 Å². The maximum Gasteiger partial charge on any atom is 0.253 e. The summed E-state index contributed by atoms with van der Waals surface area (Å²) in [6.07, 6.45) is 0.826. The zero-order chi connectivity index (χ0) is 17.1. The molecule has 1 N–H and O–H groups in total. The Hall–Kier alpha value is -2.68. The summed E-state index contributed by atoms with van der Waals surface area (Å²) < 4.78 is 0. The van der Waals surface area contributed by atoms with E-state index in [4.69, 9.17) is 0 Å². The first-order valence-electron chi connectivity index (χ1n) is 8.25. The molecular weight excluding hydrogens is 296 g/mol. The lowest BCUT2D eigenvalue weighted by Crippen LogP contribution is -2.26. The largest absolute Gasteiger partial charge is 0.352 e. The fourth-order valence-electron chi connectivity index (χ4n) is 2.89. The number of aryl methyl sites for hydroxylation is 3. The Balaban J connectivity index is 1.71. The number of rotatable bonds is 4. The van der Waals surface area contributed by atoms with Crippen LogP contribution < -0.4 is 5.32 Å². The van der Waals surface area contributed by atoms with Gasteiger partial charge in [0.15, 0.2) is 0 Å². The molecule has 0 aliphatic heterocycles. The number of pyridine rings is 1. The van der Waals surface area contributed by atoms with Crippen LogP contribution in [0.1, 0.15) is 32.7 Å². The SMILES string of the molecule is Cc1cccc(CCNC(=O)c2cc3ccc(C)cc3nc2C)c1. The number of fused-ring (bicyclic) bond motifs is 1. The highest BCUT2D eigenvalue weighted by molar-refractivity contribution is 5.98. The van der Waals surface area contributed by atoms with Gasteiger partial charge in [-0.05, 0) is 50.5 Å². The van der Waals surface area contributed by atoms with Crippen molar-refractivity contribution in [3.63, 3.8) is 0 Å². The van der Waals surface area contributed by atoms with Crippen LogP contribution in [0.2, 0.25) is 0 Å². The van der Waals surface area contributed by atoms with Crippen LogP contribution in [0.3, 0.4) is 0 Å². The van der Waals surface area contributed by atoms with E-state index in [1.54, 1.807) is 0 Å². The molecule has 3 aromatic rings. The quantitative estimate of drug-likeness (QED) is 0.786. The van der Waals surface area contributed by atoms with Crippen molar-refractivity contribution >= 4 is 16.8 Å². The van der Waals surface area contributed by atoms with Crippen LogP contribution in [-0.4, -0.2) is 17.4 Å². The predicted molar refractivity (Wildman–Crippen MR) is 98.4 cm³/mol. The summed E-state index contributed by atoms with van der Waals surface area (Å²) in [6.45, 7) is 6.63. The van der Waals surface area contributed by atoms with Crippen LogP contribution >= 0.6 is 0 Å². The number of hydrogen-bond donors (Lipinski definition) is 1. The van der Waals surface area contributed by atoms with Gasteiger partial charge >= 0.3 is 0 Å². The summed E-state index contributed by atoms with van der Waals surface area (Å²) in [5.41, 5.74) is 5.99. The van der Waals surface area contributed by atoms with Crippen molar-refractivity contribution in [1.82, 2.24) is 10.3 Å².